The second-order valence-electron chi connectivity index (χ2n) is 8.34. The molecule has 1 aliphatic heterocycles. The maximum atomic E-state index is 14.7. The predicted molar refractivity (Wildman–Crippen MR) is 116 cm³/mol. The van der Waals surface area contributed by atoms with Crippen molar-refractivity contribution in [3.63, 3.8) is 0 Å². The zero-order valence-electron chi connectivity index (χ0n) is 18.3. The van der Waals surface area contributed by atoms with Gasteiger partial charge in [-0.2, -0.15) is 0 Å². The van der Waals surface area contributed by atoms with E-state index in [1.807, 2.05) is 0 Å². The third kappa shape index (κ3) is 4.68. The third-order valence-electron chi connectivity index (χ3n) is 6.03. The second-order valence-corrected chi connectivity index (χ2v) is 8.34. The van der Waals surface area contributed by atoms with Crippen molar-refractivity contribution in [2.24, 2.45) is 5.73 Å². The first-order valence-electron chi connectivity index (χ1n) is 10.6. The number of benzene rings is 1. The Morgan fingerprint density at radius 3 is 2.59 bits per heavy atom. The van der Waals surface area contributed by atoms with Crippen molar-refractivity contribution in [3.8, 4) is 17.0 Å². The van der Waals surface area contributed by atoms with Crippen LogP contribution in [0.3, 0.4) is 0 Å². The first kappa shape index (κ1) is 23.9. The van der Waals surface area contributed by atoms with Crippen molar-refractivity contribution >= 4 is 5.69 Å². The lowest BCUT2D eigenvalue weighted by Gasteiger charge is -2.44. The number of ether oxygens (including phenoxy) is 1. The Morgan fingerprint density at radius 2 is 1.91 bits per heavy atom. The van der Waals surface area contributed by atoms with Crippen LogP contribution in [0, 0.1) is 11.6 Å². The molecule has 3 aromatic rings. The normalized spacial score (nSPS) is 19.5. The molecule has 1 aliphatic rings. The van der Waals surface area contributed by atoms with Crippen molar-refractivity contribution in [2.45, 2.75) is 37.5 Å². The Hall–Kier alpha value is -3.25. The summed E-state index contributed by atoms with van der Waals surface area (Å²) in [7, 11) is 1.24. The minimum absolute atomic E-state index is 0.0275. The number of methoxy groups -OCH3 is 1. The number of aromatic nitrogens is 4. The second kappa shape index (κ2) is 9.55. The van der Waals surface area contributed by atoms with E-state index in [1.165, 1.54) is 26.0 Å². The van der Waals surface area contributed by atoms with E-state index in [2.05, 4.69) is 15.2 Å². The van der Waals surface area contributed by atoms with Gasteiger partial charge in [0.2, 0.25) is 0 Å². The average molecular weight is 480 g/mol. The van der Waals surface area contributed by atoms with Gasteiger partial charge in [0.15, 0.2) is 11.6 Å². The van der Waals surface area contributed by atoms with Gasteiger partial charge in [-0.05, 0) is 30.5 Å². The molecule has 12 heteroatoms. The third-order valence-corrected chi connectivity index (χ3v) is 6.03. The fourth-order valence-corrected chi connectivity index (χ4v) is 4.24. The summed E-state index contributed by atoms with van der Waals surface area (Å²) in [6.07, 6.45) is 0.194. The molecule has 34 heavy (non-hydrogen) atoms. The number of aliphatic hydroxyl groups excluding tert-OH is 1. The summed E-state index contributed by atoms with van der Waals surface area (Å²) in [6, 6.07) is 3.54. The standard InChI is InChI=1S/C22H24F4N6O2/c1-34-19-7-15(23)14(6-16(19)24)17-5-13(9-31-11-29-30-12-31)18(8-28-17)32-4-2-3-22(27,10-32)20(33)21(25)26/h5-8,11-12,20-21,33H,2-4,9-10,27H2,1H3/t20-,22-/m1/s1. The highest BCUT2D eigenvalue weighted by Gasteiger charge is 2.43. The highest BCUT2D eigenvalue weighted by atomic mass is 19.3. The highest BCUT2D eigenvalue weighted by molar-refractivity contribution is 5.66. The summed E-state index contributed by atoms with van der Waals surface area (Å²) in [4.78, 5) is 6.09. The van der Waals surface area contributed by atoms with Crippen LogP contribution >= 0.6 is 0 Å². The van der Waals surface area contributed by atoms with Gasteiger partial charge in [0, 0.05) is 24.7 Å². The van der Waals surface area contributed by atoms with Crippen LogP contribution in [-0.4, -0.2) is 63.1 Å². The molecule has 182 valence electrons. The van der Waals surface area contributed by atoms with E-state index >= 15 is 0 Å². The number of halogens is 4. The Bertz CT molecular complexity index is 1150. The molecule has 8 nitrogen and oxygen atoms in total. The SMILES string of the molecule is COc1cc(F)c(-c2cc(Cn3cnnc3)c(N3CCC[C@](N)([C@H](O)C(F)F)C3)cn2)cc1F. The van der Waals surface area contributed by atoms with Gasteiger partial charge in [-0.3, -0.25) is 4.98 Å². The van der Waals surface area contributed by atoms with Crippen molar-refractivity contribution in [1.82, 2.24) is 19.7 Å². The topological polar surface area (TPSA) is 102 Å². The van der Waals surface area contributed by atoms with Gasteiger partial charge in [-0.1, -0.05) is 0 Å². The highest BCUT2D eigenvalue weighted by Crippen LogP contribution is 2.34. The van der Waals surface area contributed by atoms with Crippen molar-refractivity contribution < 1.29 is 27.4 Å². The number of hydrogen-bond acceptors (Lipinski definition) is 7. The van der Waals surface area contributed by atoms with Crippen LogP contribution in [0.5, 0.6) is 5.75 Å². The number of nitrogens with two attached hydrogens (primary N) is 1. The Balaban J connectivity index is 1.74. The maximum absolute atomic E-state index is 14.7. The van der Waals surface area contributed by atoms with Gasteiger partial charge < -0.3 is 25.0 Å². The summed E-state index contributed by atoms with van der Waals surface area (Å²) in [5, 5.41) is 17.6. The molecule has 1 aromatic carbocycles. The summed E-state index contributed by atoms with van der Waals surface area (Å²) in [5.74, 6) is -1.68. The zero-order chi connectivity index (χ0) is 24.5. The van der Waals surface area contributed by atoms with Gasteiger partial charge >= 0.3 is 0 Å². The van der Waals surface area contributed by atoms with E-state index in [1.54, 1.807) is 15.5 Å². The fraction of sp³-hybridized carbons (Fsp3) is 0.409. The van der Waals surface area contributed by atoms with Crippen LogP contribution in [0.25, 0.3) is 11.3 Å². The molecule has 0 spiro atoms. The minimum atomic E-state index is -2.98. The van der Waals surface area contributed by atoms with Gasteiger partial charge in [0.25, 0.3) is 6.43 Å². The molecule has 2 atom stereocenters. The summed E-state index contributed by atoms with van der Waals surface area (Å²) in [5.41, 5.74) is 5.99. The van der Waals surface area contributed by atoms with Gasteiger partial charge in [0.1, 0.15) is 24.6 Å². The molecule has 0 radical (unpaired) electrons. The summed E-state index contributed by atoms with van der Waals surface area (Å²) in [6.45, 7) is 0.723. The lowest BCUT2D eigenvalue weighted by Crippen LogP contribution is -2.63. The average Bonchev–Trinajstić information content (AvgIpc) is 3.32. The van der Waals surface area contributed by atoms with Crippen molar-refractivity contribution in [3.05, 3.63) is 54.2 Å². The zero-order valence-corrected chi connectivity index (χ0v) is 18.3. The molecule has 0 amide bonds. The van der Waals surface area contributed by atoms with Crippen LogP contribution in [0.2, 0.25) is 0 Å². The fourth-order valence-electron chi connectivity index (χ4n) is 4.24. The van der Waals surface area contributed by atoms with Gasteiger partial charge in [-0.25, -0.2) is 17.6 Å². The number of hydrogen-bond donors (Lipinski definition) is 2. The van der Waals surface area contributed by atoms with E-state index in [0.29, 0.717) is 24.2 Å². The lowest BCUT2D eigenvalue weighted by atomic mass is 9.84. The van der Waals surface area contributed by atoms with Crippen LogP contribution in [0.4, 0.5) is 23.2 Å². The van der Waals surface area contributed by atoms with Crippen LogP contribution in [0.15, 0.2) is 37.1 Å². The molecule has 0 bridgehead atoms. The molecule has 2 aromatic heterocycles. The Labute approximate surface area is 193 Å². The molecule has 1 saturated heterocycles. The van der Waals surface area contributed by atoms with E-state index in [9.17, 15) is 22.7 Å². The molecule has 1 fully saturated rings. The number of anilines is 1. The smallest absolute Gasteiger partial charge is 0.265 e. The predicted octanol–water partition coefficient (Wildman–Crippen LogP) is 2.60. The molecular formula is C22H24F4N6O2. The quantitative estimate of drug-likeness (QED) is 0.501. The number of aliphatic hydroxyl groups is 1. The lowest BCUT2D eigenvalue weighted by molar-refractivity contribution is -0.0529. The largest absolute Gasteiger partial charge is 0.494 e. The van der Waals surface area contributed by atoms with Gasteiger partial charge in [0.05, 0.1) is 36.8 Å². The minimum Gasteiger partial charge on any atom is -0.494 e. The number of piperidine rings is 1. The summed E-state index contributed by atoms with van der Waals surface area (Å²) >= 11 is 0. The Kier molecular flexibility index (Phi) is 6.71. The van der Waals surface area contributed by atoms with Gasteiger partial charge in [-0.15, -0.1) is 10.2 Å². The molecule has 3 heterocycles. The number of rotatable bonds is 7. The van der Waals surface area contributed by atoms with E-state index in [0.717, 1.165) is 12.1 Å². The van der Waals surface area contributed by atoms with E-state index in [-0.39, 0.29) is 36.5 Å². The molecule has 0 unspecified atom stereocenters. The number of pyridine rings is 1. The number of alkyl halides is 2. The van der Waals surface area contributed by atoms with Crippen molar-refractivity contribution in [1.29, 1.82) is 0 Å². The molecule has 0 saturated carbocycles. The summed E-state index contributed by atoms with van der Waals surface area (Å²) < 4.78 is 61.9. The monoisotopic (exact) mass is 480 g/mol. The molecule has 3 N–H and O–H groups in total. The first-order chi connectivity index (χ1) is 16.2. The first-order valence-corrected chi connectivity index (χ1v) is 10.6. The Morgan fingerprint density at radius 1 is 1.18 bits per heavy atom. The van der Waals surface area contributed by atoms with Crippen LogP contribution in [0.1, 0.15) is 18.4 Å². The molecule has 4 rings (SSSR count). The van der Waals surface area contributed by atoms with Crippen molar-refractivity contribution in [2.75, 3.05) is 25.1 Å². The molecular weight excluding hydrogens is 456 g/mol. The molecule has 0 aliphatic carbocycles. The maximum Gasteiger partial charge on any atom is 0.265 e. The van der Waals surface area contributed by atoms with E-state index < -0.39 is 29.7 Å². The van der Waals surface area contributed by atoms with Crippen LogP contribution < -0.4 is 15.4 Å². The van der Waals surface area contributed by atoms with E-state index in [4.69, 9.17) is 10.5 Å². The van der Waals surface area contributed by atoms with Crippen LogP contribution in [-0.2, 0) is 6.54 Å². The number of nitrogens with zero attached hydrogens (tertiary/aromatic N) is 5.